The average molecular weight is 267 g/mol. The van der Waals surface area contributed by atoms with E-state index < -0.39 is 0 Å². The highest BCUT2D eigenvalue weighted by Gasteiger charge is 2.39. The van der Waals surface area contributed by atoms with Crippen molar-refractivity contribution in [1.29, 1.82) is 0 Å². The van der Waals surface area contributed by atoms with Crippen LogP contribution in [-0.4, -0.2) is 13.1 Å². The third-order valence-corrected chi connectivity index (χ3v) is 4.26. The van der Waals surface area contributed by atoms with Gasteiger partial charge in [0.2, 0.25) is 0 Å². The number of hydrogen-bond acceptors (Lipinski definition) is 2. The Morgan fingerprint density at radius 3 is 2.25 bits per heavy atom. The summed E-state index contributed by atoms with van der Waals surface area (Å²) in [4.78, 5) is 0. The number of nitrogens with one attached hydrogen (secondary N) is 1. The van der Waals surface area contributed by atoms with Gasteiger partial charge in [0, 0.05) is 12.5 Å². The zero-order chi connectivity index (χ0) is 13.8. The molecular weight excluding hydrogens is 246 g/mol. The van der Waals surface area contributed by atoms with Gasteiger partial charge in [-0.1, -0.05) is 48.5 Å². The molecule has 0 aromatic heterocycles. The van der Waals surface area contributed by atoms with Gasteiger partial charge in [0.05, 0.1) is 0 Å². The SMILES string of the molecule is C[C@](Oc1ccccc1)(c1ccccc1)C1CCNC1. The second-order valence-electron chi connectivity index (χ2n) is 5.58. The van der Waals surface area contributed by atoms with Crippen LogP contribution in [0.4, 0.5) is 0 Å². The summed E-state index contributed by atoms with van der Waals surface area (Å²) >= 11 is 0. The van der Waals surface area contributed by atoms with Gasteiger partial charge >= 0.3 is 0 Å². The Balaban J connectivity index is 1.95. The van der Waals surface area contributed by atoms with Gasteiger partial charge in [0.1, 0.15) is 11.4 Å². The Labute approximate surface area is 120 Å². The van der Waals surface area contributed by atoms with Gasteiger partial charge in [-0.15, -0.1) is 0 Å². The number of benzene rings is 2. The fraction of sp³-hybridized carbons (Fsp3) is 0.333. The van der Waals surface area contributed by atoms with Crippen LogP contribution in [0.15, 0.2) is 60.7 Å². The van der Waals surface area contributed by atoms with E-state index in [1.54, 1.807) is 0 Å². The molecule has 1 heterocycles. The summed E-state index contributed by atoms with van der Waals surface area (Å²) in [6.45, 7) is 4.30. The fourth-order valence-corrected chi connectivity index (χ4v) is 3.01. The van der Waals surface area contributed by atoms with Crippen molar-refractivity contribution in [3.05, 3.63) is 66.2 Å². The van der Waals surface area contributed by atoms with Crippen LogP contribution in [0.2, 0.25) is 0 Å². The summed E-state index contributed by atoms with van der Waals surface area (Å²) in [7, 11) is 0. The Kier molecular flexibility index (Phi) is 3.75. The second kappa shape index (κ2) is 5.68. The monoisotopic (exact) mass is 267 g/mol. The molecule has 2 nitrogen and oxygen atoms in total. The molecule has 0 aliphatic carbocycles. The second-order valence-corrected chi connectivity index (χ2v) is 5.58. The molecule has 1 saturated heterocycles. The first-order chi connectivity index (χ1) is 9.79. The quantitative estimate of drug-likeness (QED) is 0.914. The highest BCUT2D eigenvalue weighted by molar-refractivity contribution is 5.28. The minimum Gasteiger partial charge on any atom is -0.483 e. The van der Waals surface area contributed by atoms with E-state index in [1.165, 1.54) is 5.56 Å². The number of rotatable bonds is 4. The molecule has 1 aliphatic rings. The number of ether oxygens (including phenoxy) is 1. The van der Waals surface area contributed by atoms with E-state index in [1.807, 2.05) is 30.3 Å². The van der Waals surface area contributed by atoms with Gasteiger partial charge in [0.25, 0.3) is 0 Å². The van der Waals surface area contributed by atoms with Crippen LogP contribution in [0.1, 0.15) is 18.9 Å². The summed E-state index contributed by atoms with van der Waals surface area (Å²) in [5, 5.41) is 3.45. The lowest BCUT2D eigenvalue weighted by Gasteiger charge is -2.36. The first kappa shape index (κ1) is 13.2. The average Bonchev–Trinajstić information content (AvgIpc) is 3.04. The molecular formula is C18H21NO. The van der Waals surface area contributed by atoms with Crippen LogP contribution in [0.3, 0.4) is 0 Å². The van der Waals surface area contributed by atoms with Crippen molar-refractivity contribution in [3.63, 3.8) is 0 Å². The zero-order valence-electron chi connectivity index (χ0n) is 11.9. The van der Waals surface area contributed by atoms with Crippen molar-refractivity contribution in [1.82, 2.24) is 5.32 Å². The first-order valence-electron chi connectivity index (χ1n) is 7.29. The van der Waals surface area contributed by atoms with E-state index in [2.05, 4.69) is 42.6 Å². The highest BCUT2D eigenvalue weighted by atomic mass is 16.5. The van der Waals surface area contributed by atoms with Gasteiger partial charge in [-0.2, -0.15) is 0 Å². The molecule has 0 amide bonds. The Morgan fingerprint density at radius 1 is 1.00 bits per heavy atom. The normalized spacial score (nSPS) is 21.4. The molecule has 20 heavy (non-hydrogen) atoms. The van der Waals surface area contributed by atoms with Crippen molar-refractivity contribution in [2.24, 2.45) is 5.92 Å². The van der Waals surface area contributed by atoms with Crippen LogP contribution in [-0.2, 0) is 5.60 Å². The fourth-order valence-electron chi connectivity index (χ4n) is 3.01. The van der Waals surface area contributed by atoms with Crippen molar-refractivity contribution >= 4 is 0 Å². The highest BCUT2D eigenvalue weighted by Crippen LogP contribution is 2.37. The van der Waals surface area contributed by atoms with E-state index in [9.17, 15) is 0 Å². The first-order valence-corrected chi connectivity index (χ1v) is 7.29. The van der Waals surface area contributed by atoms with Gasteiger partial charge in [-0.3, -0.25) is 0 Å². The maximum absolute atomic E-state index is 6.43. The Morgan fingerprint density at radius 2 is 1.65 bits per heavy atom. The molecule has 104 valence electrons. The van der Waals surface area contributed by atoms with Crippen molar-refractivity contribution in [3.8, 4) is 5.75 Å². The van der Waals surface area contributed by atoms with E-state index in [0.717, 1.165) is 25.3 Å². The third-order valence-electron chi connectivity index (χ3n) is 4.26. The maximum atomic E-state index is 6.43. The largest absolute Gasteiger partial charge is 0.483 e. The molecule has 0 radical (unpaired) electrons. The lowest BCUT2D eigenvalue weighted by molar-refractivity contribution is 0.0297. The Bertz CT molecular complexity index is 534. The molecule has 1 unspecified atom stereocenters. The molecule has 3 rings (SSSR count). The van der Waals surface area contributed by atoms with Crippen LogP contribution in [0, 0.1) is 5.92 Å². The predicted molar refractivity (Wildman–Crippen MR) is 81.8 cm³/mol. The molecule has 2 aromatic rings. The molecule has 0 spiro atoms. The van der Waals surface area contributed by atoms with Crippen LogP contribution in [0.25, 0.3) is 0 Å². The van der Waals surface area contributed by atoms with Crippen LogP contribution in [0.5, 0.6) is 5.75 Å². The maximum Gasteiger partial charge on any atom is 0.135 e. The zero-order valence-corrected chi connectivity index (χ0v) is 11.9. The molecule has 1 N–H and O–H groups in total. The smallest absolute Gasteiger partial charge is 0.135 e. The minimum atomic E-state index is -0.286. The van der Waals surface area contributed by atoms with Gasteiger partial charge in [-0.25, -0.2) is 0 Å². The van der Waals surface area contributed by atoms with Crippen LogP contribution >= 0.6 is 0 Å². The van der Waals surface area contributed by atoms with Gasteiger partial charge in [0.15, 0.2) is 0 Å². The van der Waals surface area contributed by atoms with E-state index in [-0.39, 0.29) is 5.60 Å². The van der Waals surface area contributed by atoms with Crippen LogP contribution < -0.4 is 10.1 Å². The molecule has 0 saturated carbocycles. The molecule has 1 aliphatic heterocycles. The lowest BCUT2D eigenvalue weighted by atomic mass is 9.82. The predicted octanol–water partition coefficient (Wildman–Crippen LogP) is 3.59. The third kappa shape index (κ3) is 2.56. The summed E-state index contributed by atoms with van der Waals surface area (Å²) in [5.74, 6) is 1.43. The summed E-state index contributed by atoms with van der Waals surface area (Å²) in [6, 6.07) is 20.7. The van der Waals surface area contributed by atoms with Gasteiger partial charge < -0.3 is 10.1 Å². The molecule has 0 bridgehead atoms. The minimum absolute atomic E-state index is 0.286. The summed E-state index contributed by atoms with van der Waals surface area (Å²) in [6.07, 6.45) is 1.15. The van der Waals surface area contributed by atoms with E-state index in [0.29, 0.717) is 5.92 Å². The van der Waals surface area contributed by atoms with E-state index >= 15 is 0 Å². The van der Waals surface area contributed by atoms with Crippen molar-refractivity contribution in [2.45, 2.75) is 18.9 Å². The molecule has 1 fully saturated rings. The summed E-state index contributed by atoms with van der Waals surface area (Å²) in [5.41, 5.74) is 0.962. The number of hydrogen-bond donors (Lipinski definition) is 1. The standard InChI is InChI=1S/C18H21NO/c1-18(16-12-13-19-14-16,15-8-4-2-5-9-15)20-17-10-6-3-7-11-17/h2-11,16,19H,12-14H2,1H3/t16?,18-/m0/s1. The molecule has 2 aromatic carbocycles. The molecule has 2 heteroatoms. The lowest BCUT2D eigenvalue weighted by Crippen LogP contribution is -2.39. The Hall–Kier alpha value is -1.80. The van der Waals surface area contributed by atoms with E-state index in [4.69, 9.17) is 4.74 Å². The topological polar surface area (TPSA) is 21.3 Å². The van der Waals surface area contributed by atoms with Crippen molar-refractivity contribution in [2.75, 3.05) is 13.1 Å². The van der Waals surface area contributed by atoms with Crippen molar-refractivity contribution < 1.29 is 4.74 Å². The van der Waals surface area contributed by atoms with Gasteiger partial charge in [-0.05, 0) is 37.6 Å². The summed E-state index contributed by atoms with van der Waals surface area (Å²) < 4.78 is 6.43. The molecule has 2 atom stereocenters. The number of para-hydroxylation sites is 1.